The number of carbonyl (C=O) groups excluding carboxylic acids is 2. The Balaban J connectivity index is 1.73. The number of piperazine rings is 1. The van der Waals surface area contributed by atoms with Crippen molar-refractivity contribution in [1.29, 1.82) is 0 Å². The highest BCUT2D eigenvalue weighted by Crippen LogP contribution is 2.33. The minimum absolute atomic E-state index is 0.0292. The Bertz CT molecular complexity index is 856. The summed E-state index contributed by atoms with van der Waals surface area (Å²) < 4.78 is 10.8. The Morgan fingerprint density at radius 3 is 2.32 bits per heavy atom. The second-order valence-corrected chi connectivity index (χ2v) is 7.37. The standard InChI is InChI=1S/C21H24N2O4S/c1-4-6-15-13-16(14-17(26-2)19(15)27-3)20(24)22-8-10-23(11-9-22)21(25)18-7-5-12-28-18/h4-5,7,12-14H,1,6,8-11H2,2-3H3. The second kappa shape index (κ2) is 8.93. The van der Waals surface area contributed by atoms with Crippen LogP contribution >= 0.6 is 11.3 Å². The first-order chi connectivity index (χ1) is 13.6. The first-order valence-electron chi connectivity index (χ1n) is 9.07. The molecule has 0 saturated carbocycles. The lowest BCUT2D eigenvalue weighted by Gasteiger charge is -2.34. The monoisotopic (exact) mass is 400 g/mol. The third-order valence-corrected chi connectivity index (χ3v) is 5.61. The SMILES string of the molecule is C=CCc1cc(C(=O)N2CCN(C(=O)c3cccs3)CC2)cc(OC)c1OC. The van der Waals surface area contributed by atoms with Crippen LogP contribution in [0, 0.1) is 0 Å². The van der Waals surface area contributed by atoms with Gasteiger partial charge in [-0.3, -0.25) is 9.59 Å². The number of nitrogens with zero attached hydrogens (tertiary/aromatic N) is 2. The molecule has 28 heavy (non-hydrogen) atoms. The van der Waals surface area contributed by atoms with Gasteiger partial charge in [-0.25, -0.2) is 0 Å². The predicted octanol–water partition coefficient (Wildman–Crippen LogP) is 3.09. The molecule has 0 N–H and O–H groups in total. The van der Waals surface area contributed by atoms with E-state index < -0.39 is 0 Å². The van der Waals surface area contributed by atoms with Gasteiger partial charge in [0.25, 0.3) is 11.8 Å². The van der Waals surface area contributed by atoms with E-state index in [1.165, 1.54) is 11.3 Å². The van der Waals surface area contributed by atoms with Gasteiger partial charge in [0.05, 0.1) is 19.1 Å². The summed E-state index contributed by atoms with van der Waals surface area (Å²) in [7, 11) is 3.13. The van der Waals surface area contributed by atoms with Crippen molar-refractivity contribution in [2.45, 2.75) is 6.42 Å². The normalized spacial score (nSPS) is 13.9. The summed E-state index contributed by atoms with van der Waals surface area (Å²) in [6, 6.07) is 7.23. The van der Waals surface area contributed by atoms with Crippen LogP contribution in [0.15, 0.2) is 42.3 Å². The predicted molar refractivity (Wildman–Crippen MR) is 110 cm³/mol. The molecule has 1 saturated heterocycles. The molecule has 1 aliphatic rings. The molecule has 6 nitrogen and oxygen atoms in total. The lowest BCUT2D eigenvalue weighted by atomic mass is 10.0. The van der Waals surface area contributed by atoms with Crippen molar-refractivity contribution in [3.63, 3.8) is 0 Å². The average molecular weight is 401 g/mol. The Morgan fingerprint density at radius 2 is 1.79 bits per heavy atom. The lowest BCUT2D eigenvalue weighted by molar-refractivity contribution is 0.0538. The number of allylic oxidation sites excluding steroid dienone is 1. The van der Waals surface area contributed by atoms with Gasteiger partial charge in [-0.1, -0.05) is 12.1 Å². The van der Waals surface area contributed by atoms with Crippen molar-refractivity contribution in [1.82, 2.24) is 9.80 Å². The molecule has 3 rings (SSSR count). The summed E-state index contributed by atoms with van der Waals surface area (Å²) in [5.74, 6) is 1.10. The molecule has 0 unspecified atom stereocenters. The number of thiophene rings is 1. The summed E-state index contributed by atoms with van der Waals surface area (Å²) in [6.45, 7) is 5.82. The number of benzene rings is 1. The topological polar surface area (TPSA) is 59.1 Å². The van der Waals surface area contributed by atoms with Gasteiger partial charge in [0, 0.05) is 37.3 Å². The van der Waals surface area contributed by atoms with Gasteiger partial charge in [0.15, 0.2) is 11.5 Å². The zero-order chi connectivity index (χ0) is 20.1. The summed E-state index contributed by atoms with van der Waals surface area (Å²) in [5.41, 5.74) is 1.40. The van der Waals surface area contributed by atoms with E-state index in [2.05, 4.69) is 6.58 Å². The largest absolute Gasteiger partial charge is 0.493 e. The van der Waals surface area contributed by atoms with Gasteiger partial charge < -0.3 is 19.3 Å². The Morgan fingerprint density at radius 1 is 1.11 bits per heavy atom. The third kappa shape index (κ3) is 4.04. The van der Waals surface area contributed by atoms with Crippen LogP contribution in [0.5, 0.6) is 11.5 Å². The van der Waals surface area contributed by atoms with Crippen LogP contribution in [-0.4, -0.2) is 62.0 Å². The van der Waals surface area contributed by atoms with Crippen LogP contribution in [0.25, 0.3) is 0 Å². The number of hydrogen-bond donors (Lipinski definition) is 0. The molecule has 0 spiro atoms. The van der Waals surface area contributed by atoms with E-state index in [-0.39, 0.29) is 11.8 Å². The number of hydrogen-bond acceptors (Lipinski definition) is 5. The Labute approximate surface area is 169 Å². The third-order valence-electron chi connectivity index (χ3n) is 4.75. The molecule has 148 valence electrons. The molecule has 0 bridgehead atoms. The van der Waals surface area contributed by atoms with Crippen LogP contribution in [-0.2, 0) is 6.42 Å². The highest BCUT2D eigenvalue weighted by molar-refractivity contribution is 7.12. The van der Waals surface area contributed by atoms with Crippen molar-refractivity contribution in [2.24, 2.45) is 0 Å². The lowest BCUT2D eigenvalue weighted by Crippen LogP contribution is -2.50. The molecule has 2 heterocycles. The maximum absolute atomic E-state index is 13.0. The van der Waals surface area contributed by atoms with E-state index in [9.17, 15) is 9.59 Å². The van der Waals surface area contributed by atoms with E-state index in [1.807, 2.05) is 23.6 Å². The fourth-order valence-electron chi connectivity index (χ4n) is 3.33. The molecular formula is C21H24N2O4S. The molecule has 1 aromatic heterocycles. The maximum Gasteiger partial charge on any atom is 0.264 e. The molecule has 2 aromatic rings. The molecule has 2 amide bonds. The van der Waals surface area contributed by atoms with Gasteiger partial charge in [0.2, 0.25) is 0 Å². The fraction of sp³-hybridized carbons (Fsp3) is 0.333. The van der Waals surface area contributed by atoms with Gasteiger partial charge in [0.1, 0.15) is 0 Å². The maximum atomic E-state index is 13.0. The summed E-state index contributed by atoms with van der Waals surface area (Å²) in [4.78, 5) is 29.8. The molecule has 1 aromatic carbocycles. The van der Waals surface area contributed by atoms with Crippen molar-refractivity contribution in [2.75, 3.05) is 40.4 Å². The van der Waals surface area contributed by atoms with Crippen LogP contribution < -0.4 is 9.47 Å². The van der Waals surface area contributed by atoms with Crippen molar-refractivity contribution < 1.29 is 19.1 Å². The van der Waals surface area contributed by atoms with Crippen LogP contribution in [0.1, 0.15) is 25.6 Å². The average Bonchev–Trinajstić information content (AvgIpc) is 3.27. The number of methoxy groups -OCH3 is 2. The molecule has 1 aliphatic heterocycles. The van der Waals surface area contributed by atoms with E-state index in [4.69, 9.17) is 9.47 Å². The van der Waals surface area contributed by atoms with Crippen LogP contribution in [0.4, 0.5) is 0 Å². The Hall–Kier alpha value is -2.80. The first-order valence-corrected chi connectivity index (χ1v) is 9.94. The minimum Gasteiger partial charge on any atom is -0.493 e. The highest BCUT2D eigenvalue weighted by atomic mass is 32.1. The number of rotatable bonds is 6. The summed E-state index contributed by atoms with van der Waals surface area (Å²) in [5, 5.41) is 1.89. The van der Waals surface area contributed by atoms with Crippen molar-refractivity contribution >= 4 is 23.2 Å². The fourth-order valence-corrected chi connectivity index (χ4v) is 4.02. The van der Waals surface area contributed by atoms with Crippen LogP contribution in [0.3, 0.4) is 0 Å². The molecule has 7 heteroatoms. The first kappa shape index (κ1) is 19.9. The molecular weight excluding hydrogens is 376 g/mol. The van der Waals surface area contributed by atoms with Gasteiger partial charge in [-0.15, -0.1) is 17.9 Å². The van der Waals surface area contributed by atoms with Gasteiger partial charge >= 0.3 is 0 Å². The van der Waals surface area contributed by atoms with Gasteiger partial charge in [-0.2, -0.15) is 0 Å². The van der Waals surface area contributed by atoms with E-state index in [0.29, 0.717) is 49.7 Å². The minimum atomic E-state index is -0.0745. The Kier molecular flexibility index (Phi) is 6.36. The smallest absolute Gasteiger partial charge is 0.264 e. The highest BCUT2D eigenvalue weighted by Gasteiger charge is 2.27. The van der Waals surface area contributed by atoms with Crippen molar-refractivity contribution in [3.8, 4) is 11.5 Å². The molecule has 0 atom stereocenters. The summed E-state index contributed by atoms with van der Waals surface area (Å²) >= 11 is 1.44. The number of amides is 2. The molecule has 0 radical (unpaired) electrons. The molecule has 1 fully saturated rings. The van der Waals surface area contributed by atoms with E-state index >= 15 is 0 Å². The zero-order valence-electron chi connectivity index (χ0n) is 16.1. The zero-order valence-corrected chi connectivity index (χ0v) is 17.0. The van der Waals surface area contributed by atoms with E-state index in [0.717, 1.165) is 10.4 Å². The van der Waals surface area contributed by atoms with E-state index in [1.54, 1.807) is 36.2 Å². The van der Waals surface area contributed by atoms with Crippen LogP contribution in [0.2, 0.25) is 0 Å². The second-order valence-electron chi connectivity index (χ2n) is 6.43. The summed E-state index contributed by atoms with van der Waals surface area (Å²) in [6.07, 6.45) is 2.34. The molecule has 0 aliphatic carbocycles. The van der Waals surface area contributed by atoms with Crippen molar-refractivity contribution in [3.05, 3.63) is 58.3 Å². The quantitative estimate of drug-likeness (QED) is 0.699. The number of carbonyl (C=O) groups is 2. The number of ether oxygens (including phenoxy) is 2. The van der Waals surface area contributed by atoms with Gasteiger partial charge in [-0.05, 0) is 30.0 Å².